The van der Waals surface area contributed by atoms with Gasteiger partial charge < -0.3 is 19.7 Å². The van der Waals surface area contributed by atoms with E-state index in [-0.39, 0.29) is 40.5 Å². The molecule has 2 amide bonds. The maximum Gasteiger partial charge on any atom is 0.573 e. The van der Waals surface area contributed by atoms with Crippen molar-refractivity contribution in [2.75, 3.05) is 32.4 Å². The highest BCUT2D eigenvalue weighted by atomic mass is 32.2. The molecule has 2 fully saturated rings. The van der Waals surface area contributed by atoms with Crippen LogP contribution in [0.5, 0.6) is 11.5 Å². The number of hydrogen-bond donors (Lipinski definition) is 1. The van der Waals surface area contributed by atoms with E-state index in [0.29, 0.717) is 62.3 Å². The van der Waals surface area contributed by atoms with Gasteiger partial charge in [-0.15, -0.1) is 13.2 Å². The number of amides is 2. The van der Waals surface area contributed by atoms with Crippen molar-refractivity contribution in [2.24, 2.45) is 0 Å². The Morgan fingerprint density at radius 3 is 2.25 bits per heavy atom. The predicted molar refractivity (Wildman–Crippen MR) is 167 cm³/mol. The fourth-order valence-corrected chi connectivity index (χ4v) is 6.84. The van der Waals surface area contributed by atoms with E-state index in [1.807, 2.05) is 4.90 Å². The molecule has 15 heteroatoms. The standard InChI is InChI=1S/C33H36F4N4O6S/c1-21-17-26(8-10-30(21)48(2,44)45)46-24-11-15-41(16-12-24)32(43)29-9-5-23(18-38-29)31(42)39-28-13-14-40(20-27(28)34)19-22-3-6-25(7-4-22)47-33(35,36)37/h3-10,17-18,24,27-28H,11-16,19-20H2,1-2H3,(H,39,42)/t27-,28-/m1/s1. The average Bonchev–Trinajstić information content (AvgIpc) is 3.02. The second-order valence-corrected chi connectivity index (χ2v) is 14.0. The largest absolute Gasteiger partial charge is 0.573 e. The first-order chi connectivity index (χ1) is 22.6. The van der Waals surface area contributed by atoms with Crippen molar-refractivity contribution in [3.8, 4) is 11.5 Å². The summed E-state index contributed by atoms with van der Waals surface area (Å²) in [5.74, 6) is -0.562. The number of rotatable bonds is 9. The first-order valence-corrected chi connectivity index (χ1v) is 17.3. The summed E-state index contributed by atoms with van der Waals surface area (Å²) in [5, 5.41) is 2.71. The Kier molecular flexibility index (Phi) is 10.6. The third-order valence-corrected chi connectivity index (χ3v) is 9.58. The van der Waals surface area contributed by atoms with Gasteiger partial charge >= 0.3 is 6.36 Å². The van der Waals surface area contributed by atoms with Crippen molar-refractivity contribution in [1.29, 1.82) is 0 Å². The predicted octanol–water partition coefficient (Wildman–Crippen LogP) is 4.72. The molecular formula is C33H36F4N4O6S. The van der Waals surface area contributed by atoms with E-state index in [2.05, 4.69) is 15.0 Å². The molecule has 0 unspecified atom stereocenters. The molecule has 1 N–H and O–H groups in total. The number of aryl methyl sites for hydroxylation is 1. The van der Waals surface area contributed by atoms with Gasteiger partial charge in [0, 0.05) is 58.0 Å². The Bertz CT molecular complexity index is 1710. The smallest absolute Gasteiger partial charge is 0.490 e. The van der Waals surface area contributed by atoms with Crippen LogP contribution in [0.4, 0.5) is 17.6 Å². The van der Waals surface area contributed by atoms with Gasteiger partial charge in [0.25, 0.3) is 11.8 Å². The molecular weight excluding hydrogens is 656 g/mol. The second kappa shape index (κ2) is 14.5. The van der Waals surface area contributed by atoms with Crippen LogP contribution in [0.3, 0.4) is 0 Å². The summed E-state index contributed by atoms with van der Waals surface area (Å²) < 4.78 is 85.8. The highest BCUT2D eigenvalue weighted by molar-refractivity contribution is 7.90. The number of ether oxygens (including phenoxy) is 2. The fraction of sp³-hybridized carbons (Fsp3) is 0.424. The van der Waals surface area contributed by atoms with E-state index in [4.69, 9.17) is 4.74 Å². The number of alkyl halides is 4. The number of hydrogen-bond acceptors (Lipinski definition) is 8. The van der Waals surface area contributed by atoms with Crippen LogP contribution in [0.15, 0.2) is 65.7 Å². The molecule has 3 aromatic rings. The third-order valence-electron chi connectivity index (χ3n) is 8.33. The molecule has 5 rings (SSSR count). The number of sulfone groups is 1. The Morgan fingerprint density at radius 2 is 1.67 bits per heavy atom. The Balaban J connectivity index is 1.06. The number of piperidine rings is 2. The molecule has 3 heterocycles. The number of carbonyl (C=O) groups is 2. The van der Waals surface area contributed by atoms with Crippen LogP contribution in [0.2, 0.25) is 0 Å². The number of aromatic nitrogens is 1. The van der Waals surface area contributed by atoms with Crippen LogP contribution in [0.1, 0.15) is 51.2 Å². The lowest BCUT2D eigenvalue weighted by atomic mass is 10.0. The minimum absolute atomic E-state index is 0.0360. The minimum Gasteiger partial charge on any atom is -0.490 e. The van der Waals surface area contributed by atoms with E-state index < -0.39 is 34.3 Å². The van der Waals surface area contributed by atoms with E-state index in [1.54, 1.807) is 24.0 Å². The van der Waals surface area contributed by atoms with E-state index in [1.165, 1.54) is 48.7 Å². The molecule has 1 aromatic heterocycles. The molecule has 2 aliphatic heterocycles. The second-order valence-electron chi connectivity index (χ2n) is 12.1. The van der Waals surface area contributed by atoms with Crippen LogP contribution < -0.4 is 14.8 Å². The highest BCUT2D eigenvalue weighted by Gasteiger charge is 2.32. The molecule has 0 aliphatic carbocycles. The fourth-order valence-electron chi connectivity index (χ4n) is 5.88. The number of halogens is 4. The first-order valence-electron chi connectivity index (χ1n) is 15.4. The molecule has 258 valence electrons. The number of likely N-dealkylation sites (tertiary alicyclic amines) is 2. The average molecular weight is 693 g/mol. The zero-order valence-electron chi connectivity index (χ0n) is 26.4. The Hall–Kier alpha value is -4.24. The molecule has 2 saturated heterocycles. The molecule has 0 radical (unpaired) electrons. The Morgan fingerprint density at radius 1 is 0.979 bits per heavy atom. The van der Waals surface area contributed by atoms with Crippen LogP contribution in [0, 0.1) is 6.92 Å². The van der Waals surface area contributed by atoms with Crippen molar-refractivity contribution in [1.82, 2.24) is 20.1 Å². The van der Waals surface area contributed by atoms with Crippen molar-refractivity contribution in [3.63, 3.8) is 0 Å². The van der Waals surface area contributed by atoms with Crippen LogP contribution in [0.25, 0.3) is 0 Å². The summed E-state index contributed by atoms with van der Waals surface area (Å²) in [6.45, 7) is 3.41. The first kappa shape index (κ1) is 35.1. The maximum atomic E-state index is 15.0. The summed E-state index contributed by atoms with van der Waals surface area (Å²) in [4.78, 5) is 33.9. The Labute approximate surface area is 275 Å². The van der Waals surface area contributed by atoms with Gasteiger partial charge in [0.1, 0.15) is 29.5 Å². The third kappa shape index (κ3) is 9.22. The van der Waals surface area contributed by atoms with E-state index in [9.17, 15) is 31.2 Å². The van der Waals surface area contributed by atoms with Crippen molar-refractivity contribution in [3.05, 3.63) is 83.2 Å². The van der Waals surface area contributed by atoms with Crippen LogP contribution >= 0.6 is 0 Å². The zero-order chi connectivity index (χ0) is 34.6. The van der Waals surface area contributed by atoms with Crippen molar-refractivity contribution < 1.29 is 45.0 Å². The molecule has 0 bridgehead atoms. The number of carbonyl (C=O) groups excluding carboxylic acids is 2. The highest BCUT2D eigenvalue weighted by Crippen LogP contribution is 2.26. The summed E-state index contributed by atoms with van der Waals surface area (Å²) in [6.07, 6.45) is -2.36. The summed E-state index contributed by atoms with van der Waals surface area (Å²) in [6, 6.07) is 12.5. The topological polar surface area (TPSA) is 118 Å². The quantitative estimate of drug-likeness (QED) is 0.321. The minimum atomic E-state index is -4.78. The number of nitrogens with zero attached hydrogens (tertiary/aromatic N) is 3. The molecule has 2 atom stereocenters. The van der Waals surface area contributed by atoms with Gasteiger partial charge in [-0.2, -0.15) is 0 Å². The van der Waals surface area contributed by atoms with E-state index in [0.717, 1.165) is 6.26 Å². The molecule has 48 heavy (non-hydrogen) atoms. The number of nitrogens with one attached hydrogen (secondary N) is 1. The lowest BCUT2D eigenvalue weighted by Gasteiger charge is -2.35. The SMILES string of the molecule is Cc1cc(OC2CCN(C(=O)c3ccc(C(=O)N[C@@H]4CCN(Cc5ccc(OC(F)(F)F)cc5)C[C@H]4F)cn3)CC2)ccc1S(C)(=O)=O. The van der Waals surface area contributed by atoms with E-state index >= 15 is 4.39 Å². The van der Waals surface area contributed by atoms with Gasteiger partial charge in [-0.05, 0) is 66.9 Å². The van der Waals surface area contributed by atoms with Gasteiger partial charge in [0.05, 0.1) is 16.5 Å². The maximum absolute atomic E-state index is 15.0. The lowest BCUT2D eigenvalue weighted by molar-refractivity contribution is -0.274. The molecule has 0 saturated carbocycles. The van der Waals surface area contributed by atoms with Crippen LogP contribution in [-0.4, -0.2) is 92.1 Å². The van der Waals surface area contributed by atoms with Gasteiger partial charge in [0.2, 0.25) is 0 Å². The normalized spacial score (nSPS) is 19.5. The van der Waals surface area contributed by atoms with Crippen molar-refractivity contribution in [2.45, 2.75) is 62.3 Å². The molecule has 10 nitrogen and oxygen atoms in total. The van der Waals surface area contributed by atoms with Gasteiger partial charge in [-0.1, -0.05) is 12.1 Å². The molecule has 2 aromatic carbocycles. The molecule has 0 spiro atoms. The van der Waals surface area contributed by atoms with Gasteiger partial charge in [-0.3, -0.25) is 19.5 Å². The van der Waals surface area contributed by atoms with Crippen molar-refractivity contribution >= 4 is 21.7 Å². The number of pyridine rings is 1. The summed E-state index contributed by atoms with van der Waals surface area (Å²) >= 11 is 0. The number of benzene rings is 2. The zero-order valence-corrected chi connectivity index (χ0v) is 27.2. The molecule has 2 aliphatic rings. The van der Waals surface area contributed by atoms with Gasteiger partial charge in [-0.25, -0.2) is 12.8 Å². The summed E-state index contributed by atoms with van der Waals surface area (Å²) in [5.41, 5.74) is 1.66. The van der Waals surface area contributed by atoms with Crippen LogP contribution in [-0.2, 0) is 16.4 Å². The lowest BCUT2D eigenvalue weighted by Crippen LogP contribution is -2.52. The summed E-state index contributed by atoms with van der Waals surface area (Å²) in [7, 11) is -3.33. The monoisotopic (exact) mass is 692 g/mol. The van der Waals surface area contributed by atoms with Gasteiger partial charge in [0.15, 0.2) is 9.84 Å².